The maximum atomic E-state index is 13.2. The fraction of sp³-hybridized carbons (Fsp3) is 0.462. The van der Waals surface area contributed by atoms with E-state index in [0.29, 0.717) is 12.8 Å². The summed E-state index contributed by atoms with van der Waals surface area (Å²) in [4.78, 5) is 0. The lowest BCUT2D eigenvalue weighted by Gasteiger charge is -2.13. The summed E-state index contributed by atoms with van der Waals surface area (Å²) in [5.74, 6) is 0. The molecule has 0 aliphatic rings. The second kappa shape index (κ2) is 4.93. The molecule has 0 saturated carbocycles. The van der Waals surface area contributed by atoms with Crippen LogP contribution >= 0.6 is 0 Å². The van der Waals surface area contributed by atoms with Gasteiger partial charge in [0, 0.05) is 0 Å². The third-order valence-electron chi connectivity index (χ3n) is 2.31. The zero-order valence-electron chi connectivity index (χ0n) is 9.26. The van der Waals surface area contributed by atoms with Gasteiger partial charge in [-0.3, -0.25) is 0 Å². The standard InChI is InChI=1S/C13H16FN/c1-13(2,14)9-7-11-3-5-12(6-4-11)8-10-15/h3-6H,7-9H2,1-2H3. The molecule has 1 aromatic rings. The second-order valence-electron chi connectivity index (χ2n) is 4.37. The Hall–Kier alpha value is -1.36. The SMILES string of the molecule is CC(C)(F)CCc1ccc(CC#N)cc1. The maximum Gasteiger partial charge on any atom is 0.105 e. The van der Waals surface area contributed by atoms with Gasteiger partial charge in [0.1, 0.15) is 5.67 Å². The molecular weight excluding hydrogens is 189 g/mol. The van der Waals surface area contributed by atoms with Crippen molar-refractivity contribution in [1.29, 1.82) is 5.26 Å². The molecule has 0 fully saturated rings. The summed E-state index contributed by atoms with van der Waals surface area (Å²) in [6, 6.07) is 9.91. The Morgan fingerprint density at radius 3 is 2.20 bits per heavy atom. The Balaban J connectivity index is 2.54. The lowest BCUT2D eigenvalue weighted by atomic mass is 9.99. The number of halogens is 1. The van der Waals surface area contributed by atoms with E-state index in [1.807, 2.05) is 24.3 Å². The normalized spacial score (nSPS) is 11.1. The number of benzene rings is 1. The summed E-state index contributed by atoms with van der Waals surface area (Å²) in [6.07, 6.45) is 1.72. The van der Waals surface area contributed by atoms with Crippen LogP contribution in [0.15, 0.2) is 24.3 Å². The van der Waals surface area contributed by atoms with Crippen molar-refractivity contribution < 1.29 is 4.39 Å². The van der Waals surface area contributed by atoms with Gasteiger partial charge in [-0.15, -0.1) is 0 Å². The fourth-order valence-corrected chi connectivity index (χ4v) is 1.36. The van der Waals surface area contributed by atoms with Gasteiger partial charge in [0.05, 0.1) is 12.5 Å². The monoisotopic (exact) mass is 205 g/mol. The van der Waals surface area contributed by atoms with Crippen molar-refractivity contribution in [3.05, 3.63) is 35.4 Å². The van der Waals surface area contributed by atoms with Crippen LogP contribution in [0.1, 0.15) is 31.4 Å². The van der Waals surface area contributed by atoms with Crippen LogP contribution < -0.4 is 0 Å². The maximum absolute atomic E-state index is 13.2. The summed E-state index contributed by atoms with van der Waals surface area (Å²) in [5.41, 5.74) is 1.04. The molecule has 0 radical (unpaired) electrons. The third-order valence-corrected chi connectivity index (χ3v) is 2.31. The van der Waals surface area contributed by atoms with E-state index in [0.717, 1.165) is 17.5 Å². The first-order valence-corrected chi connectivity index (χ1v) is 5.15. The Kier molecular flexibility index (Phi) is 3.85. The molecule has 0 spiro atoms. The van der Waals surface area contributed by atoms with Gasteiger partial charge in [-0.1, -0.05) is 24.3 Å². The van der Waals surface area contributed by atoms with Crippen molar-refractivity contribution >= 4 is 0 Å². The van der Waals surface area contributed by atoms with E-state index < -0.39 is 5.67 Å². The molecule has 80 valence electrons. The van der Waals surface area contributed by atoms with Gasteiger partial charge >= 0.3 is 0 Å². The fourth-order valence-electron chi connectivity index (χ4n) is 1.36. The molecule has 0 heterocycles. The van der Waals surface area contributed by atoms with Crippen molar-refractivity contribution in [2.75, 3.05) is 0 Å². The third kappa shape index (κ3) is 4.60. The highest BCUT2D eigenvalue weighted by Crippen LogP contribution is 2.17. The average Bonchev–Trinajstić information content (AvgIpc) is 2.16. The van der Waals surface area contributed by atoms with Gasteiger partial charge in [-0.05, 0) is 37.8 Å². The van der Waals surface area contributed by atoms with Crippen LogP contribution in [0.2, 0.25) is 0 Å². The topological polar surface area (TPSA) is 23.8 Å². The van der Waals surface area contributed by atoms with E-state index >= 15 is 0 Å². The first-order chi connectivity index (χ1) is 7.01. The smallest absolute Gasteiger partial charge is 0.105 e. The molecule has 0 aliphatic carbocycles. The van der Waals surface area contributed by atoms with E-state index in [-0.39, 0.29) is 0 Å². The molecule has 2 heteroatoms. The molecule has 1 rings (SSSR count). The molecule has 0 bridgehead atoms. The molecule has 15 heavy (non-hydrogen) atoms. The summed E-state index contributed by atoms with van der Waals surface area (Å²) in [5, 5.41) is 8.50. The Morgan fingerprint density at radius 2 is 1.73 bits per heavy atom. The minimum atomic E-state index is -1.11. The highest BCUT2D eigenvalue weighted by molar-refractivity contribution is 5.24. The van der Waals surface area contributed by atoms with E-state index in [9.17, 15) is 4.39 Å². The van der Waals surface area contributed by atoms with Crippen molar-refractivity contribution in [2.45, 2.75) is 38.8 Å². The molecule has 0 saturated heterocycles. The summed E-state index contributed by atoms with van der Waals surface area (Å²) >= 11 is 0. The van der Waals surface area contributed by atoms with Crippen LogP contribution in [-0.2, 0) is 12.8 Å². The van der Waals surface area contributed by atoms with E-state index in [1.165, 1.54) is 0 Å². The van der Waals surface area contributed by atoms with E-state index in [4.69, 9.17) is 5.26 Å². The highest BCUT2D eigenvalue weighted by atomic mass is 19.1. The molecule has 0 unspecified atom stereocenters. The Morgan fingerprint density at radius 1 is 1.20 bits per heavy atom. The van der Waals surface area contributed by atoms with Crippen LogP contribution in [0.3, 0.4) is 0 Å². The number of aryl methyl sites for hydroxylation is 1. The predicted molar refractivity (Wildman–Crippen MR) is 59.3 cm³/mol. The zero-order chi connectivity index (χ0) is 11.3. The number of nitriles is 1. The van der Waals surface area contributed by atoms with Crippen LogP contribution in [0.4, 0.5) is 4.39 Å². The van der Waals surface area contributed by atoms with Crippen molar-refractivity contribution in [3.63, 3.8) is 0 Å². The zero-order valence-corrected chi connectivity index (χ0v) is 9.26. The van der Waals surface area contributed by atoms with Gasteiger partial charge in [0.2, 0.25) is 0 Å². The van der Waals surface area contributed by atoms with E-state index in [2.05, 4.69) is 6.07 Å². The van der Waals surface area contributed by atoms with Gasteiger partial charge < -0.3 is 0 Å². The van der Waals surface area contributed by atoms with Crippen LogP contribution in [0, 0.1) is 11.3 Å². The molecular formula is C13H16FN. The largest absolute Gasteiger partial charge is 0.244 e. The molecule has 0 aliphatic heterocycles. The molecule has 0 atom stereocenters. The summed E-state index contributed by atoms with van der Waals surface area (Å²) < 4.78 is 13.2. The first kappa shape index (κ1) is 11.7. The quantitative estimate of drug-likeness (QED) is 0.738. The summed E-state index contributed by atoms with van der Waals surface area (Å²) in [6.45, 7) is 3.19. The predicted octanol–water partition coefficient (Wildman–Crippen LogP) is 3.43. The van der Waals surface area contributed by atoms with Gasteiger partial charge in [-0.25, -0.2) is 4.39 Å². The number of alkyl halides is 1. The molecule has 0 amide bonds. The molecule has 1 nitrogen and oxygen atoms in total. The lowest BCUT2D eigenvalue weighted by molar-refractivity contribution is 0.202. The van der Waals surface area contributed by atoms with Gasteiger partial charge in [0.15, 0.2) is 0 Å². The van der Waals surface area contributed by atoms with Crippen LogP contribution in [0.25, 0.3) is 0 Å². The van der Waals surface area contributed by atoms with Crippen LogP contribution in [0.5, 0.6) is 0 Å². The van der Waals surface area contributed by atoms with Gasteiger partial charge in [0.25, 0.3) is 0 Å². The molecule has 0 aromatic heterocycles. The Labute approximate surface area is 90.5 Å². The van der Waals surface area contributed by atoms with E-state index in [1.54, 1.807) is 13.8 Å². The average molecular weight is 205 g/mol. The highest BCUT2D eigenvalue weighted by Gasteiger charge is 2.14. The number of hydrogen-bond acceptors (Lipinski definition) is 1. The van der Waals surface area contributed by atoms with Crippen molar-refractivity contribution in [3.8, 4) is 6.07 Å². The van der Waals surface area contributed by atoms with Crippen LogP contribution in [-0.4, -0.2) is 5.67 Å². The first-order valence-electron chi connectivity index (χ1n) is 5.15. The van der Waals surface area contributed by atoms with Gasteiger partial charge in [-0.2, -0.15) is 5.26 Å². The summed E-state index contributed by atoms with van der Waals surface area (Å²) in [7, 11) is 0. The number of hydrogen-bond donors (Lipinski definition) is 0. The van der Waals surface area contributed by atoms with Crippen molar-refractivity contribution in [2.24, 2.45) is 0 Å². The molecule has 1 aromatic carbocycles. The minimum absolute atomic E-state index is 0.439. The lowest BCUT2D eigenvalue weighted by Crippen LogP contribution is -2.12. The van der Waals surface area contributed by atoms with Crippen molar-refractivity contribution in [1.82, 2.24) is 0 Å². The number of rotatable bonds is 4. The second-order valence-corrected chi connectivity index (χ2v) is 4.37. The molecule has 0 N–H and O–H groups in total. The Bertz CT molecular complexity index is 340. The minimum Gasteiger partial charge on any atom is -0.244 e. The number of nitrogens with zero attached hydrogens (tertiary/aromatic N) is 1.